The first kappa shape index (κ1) is 17.8. The van der Waals surface area contributed by atoms with Gasteiger partial charge in [0.25, 0.3) is 0 Å². The lowest BCUT2D eigenvalue weighted by molar-refractivity contribution is 0.0330. The normalized spacial score (nSPS) is 15.1. The van der Waals surface area contributed by atoms with Gasteiger partial charge in [-0.05, 0) is 23.3 Å². The molecule has 0 amide bonds. The Kier molecular flexibility index (Phi) is 6.47. The molecule has 124 valence electrons. The summed E-state index contributed by atoms with van der Waals surface area (Å²) in [5.74, 6) is 0.147. The summed E-state index contributed by atoms with van der Waals surface area (Å²) in [6.07, 6.45) is -1.42. The fourth-order valence-corrected chi connectivity index (χ4v) is 3.34. The van der Waals surface area contributed by atoms with Crippen molar-refractivity contribution in [2.75, 3.05) is 11.5 Å². The van der Waals surface area contributed by atoms with Crippen LogP contribution in [0.2, 0.25) is 0 Å². The van der Waals surface area contributed by atoms with E-state index < -0.39 is 12.2 Å². The van der Waals surface area contributed by atoms with Crippen LogP contribution in [0, 0.1) is 5.92 Å². The predicted molar refractivity (Wildman–Crippen MR) is 94.1 cm³/mol. The summed E-state index contributed by atoms with van der Waals surface area (Å²) < 4.78 is 0. The van der Waals surface area contributed by atoms with Gasteiger partial charge in [-0.15, -0.1) is 11.8 Å². The lowest BCUT2D eigenvalue weighted by Crippen LogP contribution is -2.26. The van der Waals surface area contributed by atoms with Crippen molar-refractivity contribution in [2.24, 2.45) is 5.92 Å². The molecule has 0 saturated carbocycles. The molecule has 3 unspecified atom stereocenters. The molecule has 2 aromatic rings. The maximum atomic E-state index is 10.4. The largest absolute Gasteiger partial charge is 0.398 e. The molecule has 0 fully saturated rings. The molecular weight excluding hydrogens is 310 g/mol. The fourth-order valence-electron chi connectivity index (χ4n) is 2.27. The van der Waals surface area contributed by atoms with Gasteiger partial charge in [-0.3, -0.25) is 0 Å². The van der Waals surface area contributed by atoms with Crippen LogP contribution in [0.15, 0.2) is 53.4 Å². The third-order valence-corrected chi connectivity index (χ3v) is 5.13. The number of aliphatic hydroxyl groups is 3. The van der Waals surface area contributed by atoms with E-state index in [1.54, 1.807) is 24.3 Å². The Bertz CT molecular complexity index is 618. The van der Waals surface area contributed by atoms with Gasteiger partial charge in [0.1, 0.15) is 0 Å². The molecule has 0 aliphatic rings. The minimum atomic E-state index is -0.758. The lowest BCUT2D eigenvalue weighted by Gasteiger charge is -2.24. The summed E-state index contributed by atoms with van der Waals surface area (Å²) in [5.41, 5.74) is 8.11. The second-order valence-electron chi connectivity index (χ2n) is 5.62. The average molecular weight is 333 g/mol. The first-order valence-corrected chi connectivity index (χ1v) is 8.54. The third kappa shape index (κ3) is 4.72. The van der Waals surface area contributed by atoms with Crippen LogP contribution in [-0.2, 0) is 6.61 Å². The van der Waals surface area contributed by atoms with Gasteiger partial charge in [0, 0.05) is 22.3 Å². The minimum absolute atomic E-state index is 0.0241. The maximum absolute atomic E-state index is 10.4. The molecule has 3 atom stereocenters. The number of para-hydroxylation sites is 1. The van der Waals surface area contributed by atoms with E-state index in [2.05, 4.69) is 0 Å². The van der Waals surface area contributed by atoms with Gasteiger partial charge >= 0.3 is 0 Å². The van der Waals surface area contributed by atoms with E-state index in [1.165, 1.54) is 11.8 Å². The number of rotatable bonds is 7. The van der Waals surface area contributed by atoms with Gasteiger partial charge in [0.05, 0.1) is 18.8 Å². The number of anilines is 1. The molecule has 2 rings (SSSR count). The number of hydrogen-bond donors (Lipinski definition) is 4. The number of thioether (sulfide) groups is 1. The Morgan fingerprint density at radius 1 is 1.04 bits per heavy atom. The van der Waals surface area contributed by atoms with Crippen molar-refractivity contribution in [3.05, 3.63) is 59.7 Å². The van der Waals surface area contributed by atoms with Crippen LogP contribution in [0.1, 0.15) is 24.2 Å². The maximum Gasteiger partial charge on any atom is 0.0840 e. The second kappa shape index (κ2) is 8.36. The van der Waals surface area contributed by atoms with Crippen molar-refractivity contribution in [1.82, 2.24) is 0 Å². The summed E-state index contributed by atoms with van der Waals surface area (Å²) in [6, 6.07) is 14.6. The van der Waals surface area contributed by atoms with Gasteiger partial charge in [-0.2, -0.15) is 0 Å². The molecule has 23 heavy (non-hydrogen) atoms. The van der Waals surface area contributed by atoms with Crippen LogP contribution in [-0.4, -0.2) is 27.2 Å². The summed E-state index contributed by atoms with van der Waals surface area (Å²) in [4.78, 5) is 0.931. The second-order valence-corrected chi connectivity index (χ2v) is 6.68. The van der Waals surface area contributed by atoms with Crippen molar-refractivity contribution >= 4 is 17.4 Å². The van der Waals surface area contributed by atoms with E-state index in [0.717, 1.165) is 16.0 Å². The van der Waals surface area contributed by atoms with Crippen LogP contribution in [0.5, 0.6) is 0 Å². The van der Waals surface area contributed by atoms with Crippen molar-refractivity contribution in [3.63, 3.8) is 0 Å². The molecule has 0 spiro atoms. The first-order chi connectivity index (χ1) is 11.0. The monoisotopic (exact) mass is 333 g/mol. The Balaban J connectivity index is 1.95. The van der Waals surface area contributed by atoms with E-state index in [1.807, 2.05) is 31.2 Å². The molecule has 0 aliphatic heterocycles. The molecule has 0 radical (unpaired) electrons. The molecule has 4 nitrogen and oxygen atoms in total. The molecule has 0 heterocycles. The summed E-state index contributed by atoms with van der Waals surface area (Å²) in [6.45, 7) is 1.80. The highest BCUT2D eigenvalue weighted by molar-refractivity contribution is 7.99. The SMILES string of the molecule is CC(C(O)CSc1ccccc1N)C(O)c1ccc(CO)cc1. The molecule has 2 aromatic carbocycles. The van der Waals surface area contributed by atoms with Crippen molar-refractivity contribution in [1.29, 1.82) is 0 Å². The van der Waals surface area contributed by atoms with Crippen LogP contribution in [0.25, 0.3) is 0 Å². The van der Waals surface area contributed by atoms with Gasteiger partial charge in [-0.25, -0.2) is 0 Å². The Hall–Kier alpha value is -1.53. The Morgan fingerprint density at radius 3 is 2.30 bits per heavy atom. The highest BCUT2D eigenvalue weighted by Gasteiger charge is 2.24. The van der Waals surface area contributed by atoms with E-state index in [9.17, 15) is 10.2 Å². The Morgan fingerprint density at radius 2 is 1.70 bits per heavy atom. The van der Waals surface area contributed by atoms with Crippen molar-refractivity contribution < 1.29 is 15.3 Å². The van der Waals surface area contributed by atoms with Crippen LogP contribution >= 0.6 is 11.8 Å². The summed E-state index contributed by atoms with van der Waals surface area (Å²) in [5, 5.41) is 29.8. The van der Waals surface area contributed by atoms with Crippen LogP contribution in [0.3, 0.4) is 0 Å². The zero-order valence-electron chi connectivity index (χ0n) is 13.1. The molecule has 0 saturated heterocycles. The number of benzene rings is 2. The number of nitrogens with two attached hydrogens (primary N) is 1. The number of hydrogen-bond acceptors (Lipinski definition) is 5. The summed E-state index contributed by atoms with van der Waals surface area (Å²) in [7, 11) is 0. The third-order valence-electron chi connectivity index (χ3n) is 3.94. The quantitative estimate of drug-likeness (QED) is 0.462. The van der Waals surface area contributed by atoms with Crippen molar-refractivity contribution in [3.8, 4) is 0 Å². The van der Waals surface area contributed by atoms with Crippen LogP contribution < -0.4 is 5.73 Å². The van der Waals surface area contributed by atoms with E-state index in [0.29, 0.717) is 11.4 Å². The number of nitrogen functional groups attached to an aromatic ring is 1. The zero-order chi connectivity index (χ0) is 16.8. The highest BCUT2D eigenvalue weighted by atomic mass is 32.2. The minimum Gasteiger partial charge on any atom is -0.398 e. The van der Waals surface area contributed by atoms with Crippen molar-refractivity contribution in [2.45, 2.75) is 30.6 Å². The van der Waals surface area contributed by atoms with Gasteiger partial charge in [0.15, 0.2) is 0 Å². The molecular formula is C18H23NO3S. The van der Waals surface area contributed by atoms with Crippen LogP contribution in [0.4, 0.5) is 5.69 Å². The Labute approximate surface area is 141 Å². The van der Waals surface area contributed by atoms with E-state index in [-0.39, 0.29) is 12.5 Å². The van der Waals surface area contributed by atoms with Gasteiger partial charge < -0.3 is 21.1 Å². The lowest BCUT2D eigenvalue weighted by atomic mass is 9.93. The van der Waals surface area contributed by atoms with E-state index in [4.69, 9.17) is 10.8 Å². The van der Waals surface area contributed by atoms with E-state index >= 15 is 0 Å². The fraction of sp³-hybridized carbons (Fsp3) is 0.333. The molecule has 5 heteroatoms. The first-order valence-electron chi connectivity index (χ1n) is 7.56. The zero-order valence-corrected chi connectivity index (χ0v) is 13.9. The predicted octanol–water partition coefficient (Wildman–Crippen LogP) is 2.58. The standard InChI is InChI=1S/C18H23NO3S/c1-12(18(22)14-8-6-13(10-20)7-9-14)16(21)11-23-17-5-3-2-4-15(17)19/h2-9,12,16,18,20-22H,10-11,19H2,1H3. The summed E-state index contributed by atoms with van der Waals surface area (Å²) >= 11 is 1.48. The molecule has 5 N–H and O–H groups in total. The number of aliphatic hydroxyl groups excluding tert-OH is 3. The molecule has 0 aromatic heterocycles. The van der Waals surface area contributed by atoms with Gasteiger partial charge in [-0.1, -0.05) is 43.3 Å². The molecule has 0 aliphatic carbocycles. The average Bonchev–Trinajstić information content (AvgIpc) is 2.59. The molecule has 0 bridgehead atoms. The smallest absolute Gasteiger partial charge is 0.0840 e. The topological polar surface area (TPSA) is 86.7 Å². The van der Waals surface area contributed by atoms with Gasteiger partial charge in [0.2, 0.25) is 0 Å². The highest BCUT2D eigenvalue weighted by Crippen LogP contribution is 2.30.